The smallest absolute Gasteiger partial charge is 0.237 e. The fraction of sp³-hybridized carbons (Fsp3) is 0.579. The van der Waals surface area contributed by atoms with E-state index in [-0.39, 0.29) is 18.0 Å². The highest BCUT2D eigenvalue weighted by Crippen LogP contribution is 2.36. The Hall–Kier alpha value is -1.86. The lowest BCUT2D eigenvalue weighted by Crippen LogP contribution is -2.54. The van der Waals surface area contributed by atoms with Crippen LogP contribution in [0.25, 0.3) is 10.2 Å². The SMILES string of the molecule is COc1ccc(C)c2sc(N3CCN(C(C)C(=O)NC(C)C)CC3)nc12. The lowest BCUT2D eigenvalue weighted by molar-refractivity contribution is -0.126. The molecule has 1 aromatic carbocycles. The molecule has 1 amide bonds. The van der Waals surface area contributed by atoms with E-state index in [9.17, 15) is 4.79 Å². The van der Waals surface area contributed by atoms with Gasteiger partial charge in [-0.2, -0.15) is 0 Å². The summed E-state index contributed by atoms with van der Waals surface area (Å²) in [7, 11) is 1.69. The van der Waals surface area contributed by atoms with Crippen molar-refractivity contribution in [3.63, 3.8) is 0 Å². The number of benzene rings is 1. The molecule has 0 radical (unpaired) electrons. The lowest BCUT2D eigenvalue weighted by atomic mass is 10.2. The van der Waals surface area contributed by atoms with E-state index < -0.39 is 0 Å². The first-order chi connectivity index (χ1) is 12.4. The van der Waals surface area contributed by atoms with Crippen molar-refractivity contribution in [2.45, 2.75) is 39.8 Å². The summed E-state index contributed by atoms with van der Waals surface area (Å²) < 4.78 is 6.65. The number of nitrogens with one attached hydrogen (secondary N) is 1. The van der Waals surface area contributed by atoms with Crippen molar-refractivity contribution in [2.24, 2.45) is 0 Å². The van der Waals surface area contributed by atoms with Crippen LogP contribution in [-0.2, 0) is 4.79 Å². The number of anilines is 1. The summed E-state index contributed by atoms with van der Waals surface area (Å²) in [5.74, 6) is 0.930. The maximum absolute atomic E-state index is 12.2. The molecule has 0 spiro atoms. The van der Waals surface area contributed by atoms with E-state index in [1.54, 1.807) is 18.4 Å². The van der Waals surface area contributed by atoms with Crippen molar-refractivity contribution in [1.82, 2.24) is 15.2 Å². The zero-order chi connectivity index (χ0) is 18.8. The topological polar surface area (TPSA) is 57.7 Å². The van der Waals surface area contributed by atoms with Gasteiger partial charge >= 0.3 is 0 Å². The Labute approximate surface area is 159 Å². The first-order valence-electron chi connectivity index (χ1n) is 9.14. The molecule has 142 valence electrons. The van der Waals surface area contributed by atoms with Gasteiger partial charge in [0.1, 0.15) is 11.3 Å². The first-order valence-corrected chi connectivity index (χ1v) is 9.96. The van der Waals surface area contributed by atoms with Crippen molar-refractivity contribution < 1.29 is 9.53 Å². The Balaban J connectivity index is 1.69. The average Bonchev–Trinajstić information content (AvgIpc) is 3.07. The summed E-state index contributed by atoms with van der Waals surface area (Å²) >= 11 is 1.72. The quantitative estimate of drug-likeness (QED) is 0.869. The van der Waals surface area contributed by atoms with Gasteiger partial charge in [0.15, 0.2) is 5.13 Å². The number of carbonyl (C=O) groups is 1. The number of piperazine rings is 1. The number of carbonyl (C=O) groups excluding carboxylic acids is 1. The molecular formula is C19H28N4O2S. The molecular weight excluding hydrogens is 348 g/mol. The van der Waals surface area contributed by atoms with Gasteiger partial charge in [-0.25, -0.2) is 4.98 Å². The van der Waals surface area contributed by atoms with Crippen LogP contribution >= 0.6 is 11.3 Å². The maximum Gasteiger partial charge on any atom is 0.237 e. The first kappa shape index (κ1) is 18.9. The predicted octanol–water partition coefficient (Wildman–Crippen LogP) is 2.65. The molecule has 7 heteroatoms. The van der Waals surface area contributed by atoms with Crippen LogP contribution in [0.5, 0.6) is 5.75 Å². The molecule has 3 rings (SSSR count). The molecule has 1 aliphatic rings. The molecule has 0 aliphatic carbocycles. The summed E-state index contributed by atoms with van der Waals surface area (Å²) in [5, 5.41) is 4.03. The van der Waals surface area contributed by atoms with Crippen LogP contribution in [0.1, 0.15) is 26.3 Å². The van der Waals surface area contributed by atoms with Gasteiger partial charge in [0.05, 0.1) is 17.9 Å². The van der Waals surface area contributed by atoms with Crippen LogP contribution in [-0.4, -0.2) is 61.2 Å². The number of ether oxygens (including phenoxy) is 1. The van der Waals surface area contributed by atoms with Gasteiger partial charge in [-0.3, -0.25) is 9.69 Å². The van der Waals surface area contributed by atoms with E-state index >= 15 is 0 Å². The minimum Gasteiger partial charge on any atom is -0.494 e. The molecule has 6 nitrogen and oxygen atoms in total. The fourth-order valence-corrected chi connectivity index (χ4v) is 4.37. The molecule has 2 aromatic rings. The number of amides is 1. The lowest BCUT2D eigenvalue weighted by Gasteiger charge is -2.37. The molecule has 1 saturated heterocycles. The van der Waals surface area contributed by atoms with Crippen molar-refractivity contribution in [1.29, 1.82) is 0 Å². The van der Waals surface area contributed by atoms with Gasteiger partial charge in [-0.05, 0) is 39.3 Å². The highest BCUT2D eigenvalue weighted by atomic mass is 32.1. The minimum atomic E-state index is -0.0998. The van der Waals surface area contributed by atoms with E-state index in [0.29, 0.717) is 0 Å². The summed E-state index contributed by atoms with van der Waals surface area (Å²) in [6.45, 7) is 11.5. The number of rotatable bonds is 5. The zero-order valence-electron chi connectivity index (χ0n) is 16.2. The van der Waals surface area contributed by atoms with Crippen molar-refractivity contribution >= 4 is 32.6 Å². The van der Waals surface area contributed by atoms with Crippen LogP contribution < -0.4 is 15.0 Å². The number of hydrogen-bond acceptors (Lipinski definition) is 6. The molecule has 26 heavy (non-hydrogen) atoms. The number of aromatic nitrogens is 1. The van der Waals surface area contributed by atoms with E-state index in [1.165, 1.54) is 10.3 Å². The van der Waals surface area contributed by atoms with Crippen LogP contribution in [0.3, 0.4) is 0 Å². The van der Waals surface area contributed by atoms with Crippen LogP contribution in [0.15, 0.2) is 12.1 Å². The second-order valence-corrected chi connectivity index (χ2v) is 8.10. The Morgan fingerprint density at radius 1 is 1.23 bits per heavy atom. The normalized spacial score (nSPS) is 16.9. The molecule has 1 aromatic heterocycles. The molecule has 1 fully saturated rings. The standard InChI is InChI=1S/C19H28N4O2S/c1-12(2)20-18(24)14(4)22-8-10-23(11-9-22)19-21-16-15(25-5)7-6-13(3)17(16)26-19/h6-7,12,14H,8-11H2,1-5H3,(H,20,24). The molecule has 0 saturated carbocycles. The zero-order valence-corrected chi connectivity index (χ0v) is 17.0. The van der Waals surface area contributed by atoms with Gasteiger partial charge < -0.3 is 15.0 Å². The number of thiazole rings is 1. The van der Waals surface area contributed by atoms with E-state index in [0.717, 1.165) is 42.6 Å². The van der Waals surface area contributed by atoms with Gasteiger partial charge in [0.2, 0.25) is 5.91 Å². The summed E-state index contributed by atoms with van der Waals surface area (Å²) in [6.07, 6.45) is 0. The third kappa shape index (κ3) is 3.78. The van der Waals surface area contributed by atoms with Gasteiger partial charge in [-0.1, -0.05) is 17.4 Å². The molecule has 2 heterocycles. The van der Waals surface area contributed by atoms with E-state index in [1.807, 2.05) is 26.8 Å². The molecule has 1 N–H and O–H groups in total. The number of methoxy groups -OCH3 is 1. The predicted molar refractivity (Wildman–Crippen MR) is 107 cm³/mol. The summed E-state index contributed by atoms with van der Waals surface area (Å²) in [5.41, 5.74) is 2.17. The third-order valence-corrected chi connectivity index (χ3v) is 6.11. The van der Waals surface area contributed by atoms with Crippen molar-refractivity contribution in [2.75, 3.05) is 38.2 Å². The average molecular weight is 377 g/mol. The second kappa shape index (κ2) is 7.80. The van der Waals surface area contributed by atoms with Crippen LogP contribution in [0.2, 0.25) is 0 Å². The summed E-state index contributed by atoms with van der Waals surface area (Å²) in [4.78, 5) is 21.6. The van der Waals surface area contributed by atoms with Crippen LogP contribution in [0, 0.1) is 6.92 Å². The Morgan fingerprint density at radius 2 is 1.92 bits per heavy atom. The Bertz CT molecular complexity index is 781. The van der Waals surface area contributed by atoms with E-state index in [4.69, 9.17) is 9.72 Å². The highest BCUT2D eigenvalue weighted by molar-refractivity contribution is 7.22. The summed E-state index contributed by atoms with van der Waals surface area (Å²) in [6, 6.07) is 4.13. The van der Waals surface area contributed by atoms with Gasteiger partial charge in [-0.15, -0.1) is 0 Å². The maximum atomic E-state index is 12.2. The van der Waals surface area contributed by atoms with Gasteiger partial charge in [0, 0.05) is 32.2 Å². The largest absolute Gasteiger partial charge is 0.494 e. The third-order valence-electron chi connectivity index (χ3n) is 4.85. The number of aryl methyl sites for hydroxylation is 1. The minimum absolute atomic E-state index is 0.0998. The monoisotopic (exact) mass is 376 g/mol. The fourth-order valence-electron chi connectivity index (χ4n) is 3.27. The molecule has 1 atom stereocenters. The highest BCUT2D eigenvalue weighted by Gasteiger charge is 2.27. The van der Waals surface area contributed by atoms with Crippen molar-refractivity contribution in [3.05, 3.63) is 17.7 Å². The molecule has 0 bridgehead atoms. The Morgan fingerprint density at radius 3 is 2.54 bits per heavy atom. The number of fused-ring (bicyclic) bond motifs is 1. The second-order valence-electron chi connectivity index (χ2n) is 7.12. The van der Waals surface area contributed by atoms with E-state index in [2.05, 4.69) is 28.1 Å². The van der Waals surface area contributed by atoms with Crippen molar-refractivity contribution in [3.8, 4) is 5.75 Å². The Kier molecular flexibility index (Phi) is 5.67. The molecule has 1 aliphatic heterocycles. The van der Waals surface area contributed by atoms with Gasteiger partial charge in [0.25, 0.3) is 0 Å². The van der Waals surface area contributed by atoms with Crippen LogP contribution in [0.4, 0.5) is 5.13 Å². The number of nitrogens with zero attached hydrogens (tertiary/aromatic N) is 3. The molecule has 1 unspecified atom stereocenters. The number of hydrogen-bond donors (Lipinski definition) is 1.